The van der Waals surface area contributed by atoms with Gasteiger partial charge in [0, 0.05) is 54.0 Å². The second-order valence-electron chi connectivity index (χ2n) is 22.4. The molecule has 0 radical (unpaired) electrons. The SMILES string of the molecule is CC(=O)N[C@@H](CCCCN)C(=O)NCCC(=O)Nc1cc(COC(=O)Nc2csc(Cc3ccc([C@H]4O[C@@H]5C[C@H]6[C@@H]7CCC8=CC(=O)C=C[C@]8(C)[C@H]7[C@@H](O)C[C@]6(C)[C@]5(C(=O)CO)O4)cc3)n2)ccc1O[C@@H]1O[C@H](C(=O)O)[C@@H](O)[C@H](O)[C@H]1O. The van der Waals surface area contributed by atoms with Gasteiger partial charge in [0.25, 0.3) is 0 Å². The van der Waals surface area contributed by atoms with Gasteiger partial charge in [-0.3, -0.25) is 29.3 Å². The van der Waals surface area contributed by atoms with Crippen molar-refractivity contribution in [3.05, 3.63) is 93.3 Å². The van der Waals surface area contributed by atoms with E-state index in [1.54, 1.807) is 17.5 Å². The van der Waals surface area contributed by atoms with Crippen molar-refractivity contribution < 1.29 is 87.9 Å². The number of anilines is 2. The van der Waals surface area contributed by atoms with Crippen LogP contribution in [-0.2, 0) is 60.7 Å². The van der Waals surface area contributed by atoms with E-state index in [9.17, 15) is 64.2 Å². The van der Waals surface area contributed by atoms with Gasteiger partial charge in [0.15, 0.2) is 29.6 Å². The summed E-state index contributed by atoms with van der Waals surface area (Å²) < 4.78 is 29.9. The van der Waals surface area contributed by atoms with E-state index in [-0.39, 0.29) is 66.8 Å². The highest BCUT2D eigenvalue weighted by atomic mass is 32.1. The van der Waals surface area contributed by atoms with Crippen molar-refractivity contribution in [3.63, 3.8) is 0 Å². The first-order valence-corrected chi connectivity index (χ1v) is 28.3. The molecule has 5 fully saturated rings. The maximum absolute atomic E-state index is 14.0. The van der Waals surface area contributed by atoms with Gasteiger partial charge < -0.3 is 76.0 Å². The largest absolute Gasteiger partial charge is 0.479 e. The van der Waals surface area contributed by atoms with Gasteiger partial charge in [-0.05, 0) is 98.7 Å². The molecule has 3 heterocycles. The Morgan fingerprint density at radius 1 is 0.963 bits per heavy atom. The molecule has 2 saturated heterocycles. The van der Waals surface area contributed by atoms with Crippen LogP contribution in [0.1, 0.15) is 100 Å². The summed E-state index contributed by atoms with van der Waals surface area (Å²) in [4.78, 5) is 93.7. The number of thiazole rings is 1. The molecule has 82 heavy (non-hydrogen) atoms. The second kappa shape index (κ2) is 24.7. The van der Waals surface area contributed by atoms with Crippen LogP contribution in [0.4, 0.5) is 16.3 Å². The predicted octanol–water partition coefficient (Wildman–Crippen LogP) is 2.43. The highest BCUT2D eigenvalue weighted by Gasteiger charge is 2.76. The number of aliphatic hydroxyl groups excluding tert-OH is 5. The quantitative estimate of drug-likeness (QED) is 0.0682. The van der Waals surface area contributed by atoms with Crippen LogP contribution in [-0.4, -0.2) is 151 Å². The fourth-order valence-electron chi connectivity index (χ4n) is 13.3. The second-order valence-corrected chi connectivity index (χ2v) is 23.3. The first-order valence-electron chi connectivity index (χ1n) is 27.4. The smallest absolute Gasteiger partial charge is 0.413 e. The minimum atomic E-state index is -1.99. The Kier molecular flexibility index (Phi) is 18.1. The molecule has 24 nitrogen and oxygen atoms in total. The number of carbonyl (C=O) groups is 7. The van der Waals surface area contributed by atoms with E-state index in [2.05, 4.69) is 33.2 Å². The van der Waals surface area contributed by atoms with Crippen molar-refractivity contribution in [1.82, 2.24) is 15.6 Å². The summed E-state index contributed by atoms with van der Waals surface area (Å²) in [5.41, 5.74) is 5.51. The summed E-state index contributed by atoms with van der Waals surface area (Å²) in [6.07, 6.45) is -3.94. The van der Waals surface area contributed by atoms with Gasteiger partial charge in [-0.2, -0.15) is 0 Å². The molecule has 2 aromatic carbocycles. The number of benzene rings is 2. The molecule has 9 rings (SSSR count). The van der Waals surface area contributed by atoms with E-state index in [1.165, 1.54) is 36.5 Å². The molecule has 15 atom stereocenters. The van der Waals surface area contributed by atoms with Crippen LogP contribution in [0, 0.1) is 28.6 Å². The molecule has 25 heteroatoms. The van der Waals surface area contributed by atoms with Crippen LogP contribution in [0.15, 0.2) is 71.6 Å². The number of hydrogen-bond acceptors (Lipinski definition) is 20. The number of nitrogens with zero attached hydrogens (tertiary/aromatic N) is 1. The molecule has 6 aliphatic rings. The van der Waals surface area contributed by atoms with Crippen molar-refractivity contribution >= 4 is 64.2 Å². The minimum Gasteiger partial charge on any atom is -0.479 e. The molecular formula is C57H70N6O18S. The number of carbonyl (C=O) groups excluding carboxylic acids is 6. The number of carboxylic acid groups (broad SMARTS) is 1. The molecule has 3 aromatic rings. The van der Waals surface area contributed by atoms with Crippen LogP contribution >= 0.6 is 11.3 Å². The van der Waals surface area contributed by atoms with E-state index in [0.29, 0.717) is 61.2 Å². The van der Waals surface area contributed by atoms with Crippen LogP contribution in [0.3, 0.4) is 0 Å². The number of fused-ring (bicyclic) bond motifs is 7. The molecule has 2 aliphatic heterocycles. The van der Waals surface area contributed by atoms with Crippen molar-refractivity contribution in [3.8, 4) is 5.75 Å². The Morgan fingerprint density at radius 2 is 1.72 bits per heavy atom. The lowest BCUT2D eigenvalue weighted by Crippen LogP contribution is -2.63. The first-order chi connectivity index (χ1) is 39.1. The Hall–Kier alpha value is -6.52. The zero-order chi connectivity index (χ0) is 58.8. The van der Waals surface area contributed by atoms with E-state index in [0.717, 1.165) is 17.6 Å². The van der Waals surface area contributed by atoms with Crippen molar-refractivity contribution in [1.29, 1.82) is 0 Å². The zero-order valence-electron chi connectivity index (χ0n) is 45.5. The maximum Gasteiger partial charge on any atom is 0.413 e. The Morgan fingerprint density at radius 3 is 2.44 bits per heavy atom. The molecule has 442 valence electrons. The molecule has 0 bridgehead atoms. The monoisotopic (exact) mass is 1160 g/mol. The van der Waals surface area contributed by atoms with Crippen LogP contribution in [0.5, 0.6) is 5.75 Å². The molecule has 3 saturated carbocycles. The third-order valence-corrected chi connectivity index (χ3v) is 18.1. The fourth-order valence-corrected chi connectivity index (χ4v) is 14.1. The molecule has 0 spiro atoms. The number of rotatable bonds is 21. The predicted molar refractivity (Wildman–Crippen MR) is 290 cm³/mol. The molecule has 0 unspecified atom stereocenters. The van der Waals surface area contributed by atoms with Gasteiger partial charge in [0.1, 0.15) is 49.1 Å². The lowest BCUT2D eigenvalue weighted by Gasteiger charge is -2.59. The number of ether oxygens (including phenoxy) is 5. The highest BCUT2D eigenvalue weighted by molar-refractivity contribution is 7.10. The Labute approximate surface area is 475 Å². The number of carboxylic acids is 1. The number of nitrogens with one attached hydrogen (secondary N) is 4. The molecule has 4 aliphatic carbocycles. The summed E-state index contributed by atoms with van der Waals surface area (Å²) in [6, 6.07) is 10.7. The maximum atomic E-state index is 14.0. The van der Waals surface area contributed by atoms with Gasteiger partial charge >= 0.3 is 12.1 Å². The number of amides is 4. The minimum absolute atomic E-state index is 0.0231. The summed E-state index contributed by atoms with van der Waals surface area (Å²) in [6.45, 7) is 4.49. The fraction of sp³-hybridized carbons (Fsp3) is 0.544. The summed E-state index contributed by atoms with van der Waals surface area (Å²) in [7, 11) is 0. The molecule has 1 aromatic heterocycles. The van der Waals surface area contributed by atoms with Gasteiger partial charge in [-0.15, -0.1) is 11.3 Å². The number of unbranched alkanes of at least 4 members (excludes halogenated alkanes) is 1. The lowest BCUT2D eigenvalue weighted by atomic mass is 9.46. The van der Waals surface area contributed by atoms with Crippen molar-refractivity contribution in [2.75, 3.05) is 30.3 Å². The van der Waals surface area contributed by atoms with E-state index >= 15 is 0 Å². The number of Topliss-reactive ketones (excluding diaryl/α,β-unsaturated/α-hetero) is 1. The zero-order valence-corrected chi connectivity index (χ0v) is 46.3. The average molecular weight is 1160 g/mol. The van der Waals surface area contributed by atoms with Crippen LogP contribution in [0.25, 0.3) is 0 Å². The Balaban J connectivity index is 0.809. The molecule has 12 N–H and O–H groups in total. The first kappa shape index (κ1) is 60.1. The summed E-state index contributed by atoms with van der Waals surface area (Å²) >= 11 is 1.29. The third-order valence-electron chi connectivity index (χ3n) is 17.2. The van der Waals surface area contributed by atoms with Gasteiger partial charge in [-0.25, -0.2) is 14.6 Å². The topological polar surface area (TPSA) is 374 Å². The number of aliphatic hydroxyl groups is 5. The van der Waals surface area contributed by atoms with E-state index < -0.39 is 114 Å². The molecular weight excluding hydrogens is 1090 g/mol. The number of aliphatic carboxylic acids is 1. The lowest BCUT2D eigenvalue weighted by molar-refractivity contribution is -0.271. The van der Waals surface area contributed by atoms with Crippen LogP contribution < -0.4 is 31.7 Å². The normalized spacial score (nSPS) is 31.9. The van der Waals surface area contributed by atoms with Gasteiger partial charge in [-0.1, -0.05) is 55.8 Å². The van der Waals surface area contributed by atoms with Crippen LogP contribution in [0.2, 0.25) is 0 Å². The van der Waals surface area contributed by atoms with Crippen molar-refractivity contribution in [2.45, 2.75) is 146 Å². The number of hydrogen-bond donors (Lipinski definition) is 11. The summed E-state index contributed by atoms with van der Waals surface area (Å²) in [5.74, 6) is -3.93. The van der Waals surface area contributed by atoms with Gasteiger partial charge in [0.2, 0.25) is 24.0 Å². The average Bonchev–Trinajstić information content (AvgIpc) is 1.57. The van der Waals surface area contributed by atoms with E-state index in [1.807, 2.05) is 37.3 Å². The number of nitrogens with two attached hydrogens (primary N) is 1. The third kappa shape index (κ3) is 12.0. The van der Waals surface area contributed by atoms with Gasteiger partial charge in [0.05, 0.1) is 22.9 Å². The number of aromatic nitrogens is 1. The molecule has 4 amide bonds. The summed E-state index contributed by atoms with van der Waals surface area (Å²) in [5, 5.41) is 75.9. The highest BCUT2D eigenvalue weighted by Crippen LogP contribution is 2.70. The number of ketones is 2. The van der Waals surface area contributed by atoms with E-state index in [4.69, 9.17) is 29.4 Å². The van der Waals surface area contributed by atoms with Crippen molar-refractivity contribution in [2.24, 2.45) is 34.3 Å². The number of allylic oxidation sites excluding steroid dienone is 4. The standard InChI is InChI=1S/C57H70N6O18S/c1-28(65)60-36(6-4-5-18-58)50(73)59-19-16-43(69)61-37-20-30(9-14-39(37)78-53-48(72)46(70)47(71)49(80-53)51(74)75)26-77-54(76)63-42-27-82-44(62-42)21-29-7-10-31(11-8-29)52-79-41-23-35-34-13-12-32-22-33(66)15-17-55(32,2)45(34)38(67)24-56(35,3)57(41,81-52)40(68)25-64/h7-11,14-15,17,20,22,27,34-36,38,41,45-49,52-53,64,67,70-72H,4-6,12-13,16,18-19,21,23-26,58H2,1-3H3,(H,59,73)(H,60,65)(H,61,69)(H,63,76)(H,74,75)/t34-,35-,36-,38-,41+,45+,46-,47-,48+,49-,52-,53+,55-,56-,57+/m0/s1. The Bertz CT molecular complexity index is 2990.